The van der Waals surface area contributed by atoms with Crippen molar-refractivity contribution < 1.29 is 10.2 Å². The van der Waals surface area contributed by atoms with E-state index in [0.29, 0.717) is 0 Å². The van der Waals surface area contributed by atoms with E-state index in [-0.39, 0.29) is 11.2 Å². The van der Waals surface area contributed by atoms with Gasteiger partial charge in [0.15, 0.2) is 0 Å². The van der Waals surface area contributed by atoms with E-state index in [4.69, 9.17) is 5.11 Å². The Kier molecular flexibility index (Phi) is 2.62. The summed E-state index contributed by atoms with van der Waals surface area (Å²) in [6.45, 7) is 5.74. The molecule has 1 aromatic carbocycles. The van der Waals surface area contributed by atoms with E-state index in [0.717, 1.165) is 5.56 Å². The van der Waals surface area contributed by atoms with E-state index in [2.05, 4.69) is 0 Å². The van der Waals surface area contributed by atoms with Crippen LogP contribution in [0, 0.1) is 5.41 Å². The number of hydrogen-bond donors (Lipinski definition) is 1. The molecule has 0 aliphatic carbocycles. The fourth-order valence-corrected chi connectivity index (χ4v) is 1.15. The van der Waals surface area contributed by atoms with Gasteiger partial charge in [0.25, 0.3) is 0 Å². The maximum Gasteiger partial charge on any atom is 0.123 e. The molecule has 0 fully saturated rings. The Morgan fingerprint density at radius 3 is 2.00 bits per heavy atom. The van der Waals surface area contributed by atoms with Crippen LogP contribution in [0.5, 0.6) is 5.75 Å². The Morgan fingerprint density at radius 2 is 1.62 bits per heavy atom. The van der Waals surface area contributed by atoms with Gasteiger partial charge < -0.3 is 5.11 Å². The van der Waals surface area contributed by atoms with E-state index in [1.165, 1.54) is 0 Å². The molecule has 1 radical (unpaired) electrons. The van der Waals surface area contributed by atoms with Crippen LogP contribution in [0.15, 0.2) is 24.3 Å². The van der Waals surface area contributed by atoms with Crippen molar-refractivity contribution in [2.75, 3.05) is 0 Å². The third-order valence-electron chi connectivity index (χ3n) is 1.98. The minimum atomic E-state index is -0.743. The number of phenols is 1. The molecule has 1 atom stereocenters. The summed E-state index contributed by atoms with van der Waals surface area (Å²) < 4.78 is 0. The van der Waals surface area contributed by atoms with Gasteiger partial charge in [0.05, 0.1) is 0 Å². The summed E-state index contributed by atoms with van der Waals surface area (Å²) >= 11 is 0. The quantitative estimate of drug-likeness (QED) is 0.707. The molecule has 1 aromatic rings. The minimum absolute atomic E-state index is 0.199. The van der Waals surface area contributed by atoms with Crippen molar-refractivity contribution in [3.05, 3.63) is 29.8 Å². The summed E-state index contributed by atoms with van der Waals surface area (Å²) in [7, 11) is 0. The Labute approximate surface area is 78.8 Å². The molecule has 0 saturated carbocycles. The molecule has 0 aliphatic rings. The van der Waals surface area contributed by atoms with Crippen LogP contribution in [0.3, 0.4) is 0 Å². The Balaban J connectivity index is 2.90. The highest BCUT2D eigenvalue weighted by Gasteiger charge is 2.25. The largest absolute Gasteiger partial charge is 0.508 e. The monoisotopic (exact) mass is 179 g/mol. The lowest BCUT2D eigenvalue weighted by Gasteiger charge is -2.23. The van der Waals surface area contributed by atoms with Crippen LogP contribution in [0.2, 0.25) is 0 Å². The minimum Gasteiger partial charge on any atom is -0.508 e. The molecule has 0 amide bonds. The average molecular weight is 179 g/mol. The highest BCUT2D eigenvalue weighted by Crippen LogP contribution is 2.33. The van der Waals surface area contributed by atoms with Gasteiger partial charge in [0.1, 0.15) is 11.9 Å². The van der Waals surface area contributed by atoms with Gasteiger partial charge in [-0.1, -0.05) is 32.9 Å². The Bertz CT molecular complexity index is 269. The second-order valence-electron chi connectivity index (χ2n) is 4.34. The number of benzene rings is 1. The van der Waals surface area contributed by atoms with Gasteiger partial charge in [-0.15, -0.1) is 0 Å². The third kappa shape index (κ3) is 2.46. The molecule has 0 spiro atoms. The zero-order valence-electron chi connectivity index (χ0n) is 8.24. The Morgan fingerprint density at radius 1 is 1.15 bits per heavy atom. The molecule has 71 valence electrons. The molecule has 1 unspecified atom stereocenters. The SMILES string of the molecule is CC(C)(C)C([O])c1ccc(O)cc1. The van der Waals surface area contributed by atoms with E-state index >= 15 is 0 Å². The standard InChI is InChI=1S/C11H15O2/c1-11(2,3)10(13)8-4-6-9(12)7-5-8/h4-7,10,12H,1-3H3. The van der Waals surface area contributed by atoms with Gasteiger partial charge >= 0.3 is 0 Å². The molecule has 2 nitrogen and oxygen atoms in total. The average Bonchev–Trinajstić information content (AvgIpc) is 2.03. The zero-order chi connectivity index (χ0) is 10.1. The number of rotatable bonds is 1. The van der Waals surface area contributed by atoms with Crippen LogP contribution in [-0.2, 0) is 5.11 Å². The molecule has 0 aromatic heterocycles. The van der Waals surface area contributed by atoms with Crippen LogP contribution >= 0.6 is 0 Å². The second-order valence-corrected chi connectivity index (χ2v) is 4.34. The predicted octanol–water partition coefficient (Wildman–Crippen LogP) is 2.91. The summed E-state index contributed by atoms with van der Waals surface area (Å²) in [4.78, 5) is 0. The summed E-state index contributed by atoms with van der Waals surface area (Å²) in [6, 6.07) is 6.45. The van der Waals surface area contributed by atoms with E-state index in [1.54, 1.807) is 24.3 Å². The molecule has 1 N–H and O–H groups in total. The van der Waals surface area contributed by atoms with Crippen LogP contribution in [0.25, 0.3) is 0 Å². The van der Waals surface area contributed by atoms with E-state index in [9.17, 15) is 5.11 Å². The van der Waals surface area contributed by atoms with Crippen LogP contribution < -0.4 is 0 Å². The molecule has 0 aliphatic heterocycles. The van der Waals surface area contributed by atoms with Crippen molar-refractivity contribution in [3.8, 4) is 5.75 Å². The van der Waals surface area contributed by atoms with Crippen molar-refractivity contribution >= 4 is 0 Å². The first kappa shape index (κ1) is 10.1. The maximum absolute atomic E-state index is 11.8. The van der Waals surface area contributed by atoms with Gasteiger partial charge in [-0.25, -0.2) is 5.11 Å². The first-order valence-electron chi connectivity index (χ1n) is 4.36. The molecule has 2 heteroatoms. The van der Waals surface area contributed by atoms with Gasteiger partial charge in [-0.2, -0.15) is 0 Å². The lowest BCUT2D eigenvalue weighted by Crippen LogP contribution is -2.16. The fourth-order valence-electron chi connectivity index (χ4n) is 1.15. The highest BCUT2D eigenvalue weighted by atomic mass is 16.3. The van der Waals surface area contributed by atoms with E-state index in [1.807, 2.05) is 20.8 Å². The van der Waals surface area contributed by atoms with Gasteiger partial charge in [0, 0.05) is 0 Å². The maximum atomic E-state index is 11.8. The Hall–Kier alpha value is -1.02. The van der Waals surface area contributed by atoms with Crippen LogP contribution in [0.4, 0.5) is 0 Å². The number of aromatic hydroxyl groups is 1. The lowest BCUT2D eigenvalue weighted by atomic mass is 9.85. The lowest BCUT2D eigenvalue weighted by molar-refractivity contribution is -0.00152. The molecular formula is C11H15O2. The number of phenolic OH excluding ortho intramolecular Hbond substituents is 1. The summed E-state index contributed by atoms with van der Waals surface area (Å²) in [5.74, 6) is 0.199. The normalized spacial score (nSPS) is 14.2. The van der Waals surface area contributed by atoms with Crippen LogP contribution in [-0.4, -0.2) is 5.11 Å². The molecular weight excluding hydrogens is 164 g/mol. The van der Waals surface area contributed by atoms with Crippen molar-refractivity contribution in [1.82, 2.24) is 0 Å². The topological polar surface area (TPSA) is 40.1 Å². The summed E-state index contributed by atoms with van der Waals surface area (Å²) in [5.41, 5.74) is 0.446. The highest BCUT2D eigenvalue weighted by molar-refractivity contribution is 5.27. The van der Waals surface area contributed by atoms with Gasteiger partial charge in [-0.3, -0.25) is 0 Å². The summed E-state index contributed by atoms with van der Waals surface area (Å²) in [6.07, 6.45) is -0.743. The van der Waals surface area contributed by atoms with Crippen molar-refractivity contribution in [2.24, 2.45) is 5.41 Å². The van der Waals surface area contributed by atoms with Gasteiger partial charge in [-0.05, 0) is 23.1 Å². The fraction of sp³-hybridized carbons (Fsp3) is 0.455. The molecule has 0 saturated heterocycles. The second kappa shape index (κ2) is 3.38. The van der Waals surface area contributed by atoms with E-state index < -0.39 is 6.10 Å². The molecule has 0 heterocycles. The molecule has 0 bridgehead atoms. The smallest absolute Gasteiger partial charge is 0.123 e. The molecule has 13 heavy (non-hydrogen) atoms. The first-order valence-corrected chi connectivity index (χ1v) is 4.36. The van der Waals surface area contributed by atoms with Gasteiger partial charge in [0.2, 0.25) is 0 Å². The van der Waals surface area contributed by atoms with Crippen molar-refractivity contribution in [2.45, 2.75) is 26.9 Å². The van der Waals surface area contributed by atoms with Crippen molar-refractivity contribution in [3.63, 3.8) is 0 Å². The van der Waals surface area contributed by atoms with Crippen LogP contribution in [0.1, 0.15) is 32.4 Å². The third-order valence-corrected chi connectivity index (χ3v) is 1.98. The zero-order valence-corrected chi connectivity index (χ0v) is 8.24. The predicted molar refractivity (Wildman–Crippen MR) is 51.0 cm³/mol. The summed E-state index contributed by atoms with van der Waals surface area (Å²) in [5, 5.41) is 20.8. The first-order chi connectivity index (χ1) is 5.91. The number of hydrogen-bond acceptors (Lipinski definition) is 1. The molecule has 1 rings (SSSR count). The van der Waals surface area contributed by atoms with Crippen molar-refractivity contribution in [1.29, 1.82) is 0 Å².